The van der Waals surface area contributed by atoms with Crippen LogP contribution in [-0.2, 0) is 7.05 Å². The summed E-state index contributed by atoms with van der Waals surface area (Å²) in [7, 11) is 1.78. The molecule has 0 spiro atoms. The van der Waals surface area contributed by atoms with Crippen molar-refractivity contribution in [1.29, 1.82) is 0 Å². The molecule has 5 heteroatoms. The highest BCUT2D eigenvalue weighted by Gasteiger charge is 2.24. The van der Waals surface area contributed by atoms with E-state index in [0.717, 1.165) is 6.54 Å². The quantitative estimate of drug-likeness (QED) is 0.709. The van der Waals surface area contributed by atoms with Crippen molar-refractivity contribution in [3.05, 3.63) is 29.3 Å². The van der Waals surface area contributed by atoms with Gasteiger partial charge in [-0.3, -0.25) is 0 Å². The van der Waals surface area contributed by atoms with Gasteiger partial charge in [-0.25, -0.2) is 4.98 Å². The first-order valence-corrected chi connectivity index (χ1v) is 4.83. The lowest BCUT2D eigenvalue weighted by Gasteiger charge is -2.16. The van der Waals surface area contributed by atoms with E-state index in [0.29, 0.717) is 11.0 Å². The van der Waals surface area contributed by atoms with E-state index in [1.54, 1.807) is 17.8 Å². The van der Waals surface area contributed by atoms with Crippen LogP contribution in [0.1, 0.15) is 11.9 Å². The lowest BCUT2D eigenvalue weighted by Crippen LogP contribution is -2.30. The molecule has 0 saturated carbocycles. The van der Waals surface area contributed by atoms with Gasteiger partial charge in [0, 0.05) is 13.6 Å². The zero-order chi connectivity index (χ0) is 10.1. The molecule has 2 N–H and O–H groups in total. The fraction of sp³-hybridized carbons (Fsp3) is 0.444. The topological polar surface area (TPSA) is 50.1 Å². The number of aliphatic hydroxyl groups is 1. The molecule has 2 atom stereocenters. The van der Waals surface area contributed by atoms with Gasteiger partial charge in [0.25, 0.3) is 0 Å². The molecule has 0 aliphatic carbocycles. The molecule has 14 heavy (non-hydrogen) atoms. The van der Waals surface area contributed by atoms with Gasteiger partial charge in [-0.2, -0.15) is 0 Å². The normalized spacial score (nSPS) is 22.9. The molecule has 2 rings (SSSR count). The Balaban J connectivity index is 2.22. The Morgan fingerprint density at radius 1 is 1.79 bits per heavy atom. The maximum atomic E-state index is 9.96. The molecule has 2 unspecified atom stereocenters. The highest BCUT2D eigenvalue weighted by molar-refractivity contribution is 6.29. The number of nitrogens with zero attached hydrogens (tertiary/aromatic N) is 2. The van der Waals surface area contributed by atoms with E-state index in [4.69, 9.17) is 11.6 Å². The number of imidazole rings is 1. The largest absolute Gasteiger partial charge is 0.383 e. The summed E-state index contributed by atoms with van der Waals surface area (Å²) in [4.78, 5) is 4.07. The summed E-state index contributed by atoms with van der Waals surface area (Å²) in [6.45, 7) is 0.792. The number of hydrogen-bond acceptors (Lipinski definition) is 3. The van der Waals surface area contributed by atoms with Gasteiger partial charge in [0.15, 0.2) is 0 Å². The van der Waals surface area contributed by atoms with Crippen molar-refractivity contribution in [2.24, 2.45) is 7.05 Å². The van der Waals surface area contributed by atoms with Crippen LogP contribution in [-0.4, -0.2) is 27.2 Å². The van der Waals surface area contributed by atoms with Gasteiger partial charge in [-0.15, -0.1) is 0 Å². The lowest BCUT2D eigenvalue weighted by molar-refractivity contribution is 0.140. The predicted octanol–water partition coefficient (Wildman–Crippen LogP) is 0.635. The van der Waals surface area contributed by atoms with Crippen molar-refractivity contribution in [2.45, 2.75) is 12.1 Å². The minimum atomic E-state index is -0.647. The second kappa shape index (κ2) is 3.73. The first-order chi connectivity index (χ1) is 6.70. The standard InChI is InChI=1S/C9H12ClN3O/c1-13-7(10)5-12-9(13)8(14)6-3-2-4-11-6/h2-3,5-6,8,11,14H,4H2,1H3. The van der Waals surface area contributed by atoms with E-state index in [2.05, 4.69) is 10.3 Å². The number of hydrogen-bond donors (Lipinski definition) is 2. The van der Waals surface area contributed by atoms with Crippen LogP contribution in [0.3, 0.4) is 0 Å². The Hall–Kier alpha value is -0.840. The van der Waals surface area contributed by atoms with Gasteiger partial charge in [0.2, 0.25) is 0 Å². The van der Waals surface area contributed by atoms with Gasteiger partial charge in [0.05, 0.1) is 12.2 Å². The molecule has 0 radical (unpaired) electrons. The van der Waals surface area contributed by atoms with Crippen molar-refractivity contribution in [1.82, 2.24) is 14.9 Å². The van der Waals surface area contributed by atoms with E-state index in [1.165, 1.54) is 0 Å². The van der Waals surface area contributed by atoms with Gasteiger partial charge in [-0.05, 0) is 0 Å². The van der Waals surface area contributed by atoms with Crippen LogP contribution in [0.15, 0.2) is 18.3 Å². The zero-order valence-electron chi connectivity index (χ0n) is 7.81. The van der Waals surface area contributed by atoms with Crippen molar-refractivity contribution in [3.63, 3.8) is 0 Å². The summed E-state index contributed by atoms with van der Waals surface area (Å²) in [5, 5.41) is 13.6. The van der Waals surface area contributed by atoms with Crippen molar-refractivity contribution < 1.29 is 5.11 Å². The smallest absolute Gasteiger partial charge is 0.140 e. The molecule has 1 aromatic heterocycles. The summed E-state index contributed by atoms with van der Waals surface area (Å²) in [5.74, 6) is 0.582. The first-order valence-electron chi connectivity index (χ1n) is 4.45. The molecular weight excluding hydrogens is 202 g/mol. The average molecular weight is 214 g/mol. The third kappa shape index (κ3) is 1.56. The molecule has 0 aromatic carbocycles. The zero-order valence-corrected chi connectivity index (χ0v) is 8.57. The molecule has 0 fully saturated rings. The number of nitrogens with one attached hydrogen (secondary N) is 1. The third-order valence-corrected chi connectivity index (χ3v) is 2.74. The summed E-state index contributed by atoms with van der Waals surface area (Å²) < 4.78 is 1.68. The Bertz CT molecular complexity index is 361. The van der Waals surface area contributed by atoms with Crippen molar-refractivity contribution in [2.75, 3.05) is 6.54 Å². The molecule has 2 heterocycles. The van der Waals surface area contributed by atoms with Crippen LogP contribution < -0.4 is 5.32 Å². The Morgan fingerprint density at radius 3 is 3.07 bits per heavy atom. The Labute approximate surface area is 87.2 Å². The van der Waals surface area contributed by atoms with Gasteiger partial charge < -0.3 is 15.0 Å². The second-order valence-electron chi connectivity index (χ2n) is 3.31. The van der Waals surface area contributed by atoms with Gasteiger partial charge in [0.1, 0.15) is 17.1 Å². The van der Waals surface area contributed by atoms with Crippen LogP contribution in [0, 0.1) is 0 Å². The monoisotopic (exact) mass is 213 g/mol. The highest BCUT2D eigenvalue weighted by atomic mass is 35.5. The number of aliphatic hydroxyl groups excluding tert-OH is 1. The molecule has 0 bridgehead atoms. The third-order valence-electron chi connectivity index (χ3n) is 2.39. The van der Waals surface area contributed by atoms with Crippen molar-refractivity contribution >= 4 is 11.6 Å². The maximum Gasteiger partial charge on any atom is 0.140 e. The maximum absolute atomic E-state index is 9.96. The second-order valence-corrected chi connectivity index (χ2v) is 3.69. The lowest BCUT2D eigenvalue weighted by atomic mass is 10.1. The minimum Gasteiger partial charge on any atom is -0.383 e. The fourth-order valence-electron chi connectivity index (χ4n) is 1.54. The van der Waals surface area contributed by atoms with E-state index in [-0.39, 0.29) is 6.04 Å². The Morgan fingerprint density at radius 2 is 2.57 bits per heavy atom. The predicted molar refractivity (Wildman–Crippen MR) is 54.1 cm³/mol. The number of halogens is 1. The van der Waals surface area contributed by atoms with E-state index < -0.39 is 6.10 Å². The van der Waals surface area contributed by atoms with E-state index in [9.17, 15) is 5.11 Å². The minimum absolute atomic E-state index is 0.0628. The molecule has 4 nitrogen and oxygen atoms in total. The molecule has 0 saturated heterocycles. The molecule has 76 valence electrons. The molecule has 0 amide bonds. The van der Waals surface area contributed by atoms with Crippen LogP contribution in [0.25, 0.3) is 0 Å². The molecule has 1 aliphatic rings. The molecule has 1 aliphatic heterocycles. The number of rotatable bonds is 2. The van der Waals surface area contributed by atoms with Gasteiger partial charge in [-0.1, -0.05) is 23.8 Å². The van der Waals surface area contributed by atoms with Gasteiger partial charge >= 0.3 is 0 Å². The summed E-state index contributed by atoms with van der Waals surface area (Å²) in [6, 6.07) is -0.0628. The first kappa shape index (κ1) is 9.71. The SMILES string of the molecule is Cn1c(Cl)cnc1C(O)C1C=CCN1. The fourth-order valence-corrected chi connectivity index (χ4v) is 1.68. The molecule has 1 aromatic rings. The summed E-state index contributed by atoms with van der Waals surface area (Å²) >= 11 is 5.83. The highest BCUT2D eigenvalue weighted by Crippen LogP contribution is 2.20. The Kier molecular flexibility index (Phi) is 2.58. The number of aromatic nitrogens is 2. The average Bonchev–Trinajstić information content (AvgIpc) is 2.77. The summed E-state index contributed by atoms with van der Waals surface area (Å²) in [5.41, 5.74) is 0. The van der Waals surface area contributed by atoms with Crippen molar-refractivity contribution in [3.8, 4) is 0 Å². The van der Waals surface area contributed by atoms with E-state index >= 15 is 0 Å². The van der Waals surface area contributed by atoms with Crippen LogP contribution >= 0.6 is 11.6 Å². The van der Waals surface area contributed by atoms with E-state index in [1.807, 2.05) is 12.2 Å². The van der Waals surface area contributed by atoms with Crippen LogP contribution in [0.2, 0.25) is 5.15 Å². The van der Waals surface area contributed by atoms with Crippen LogP contribution in [0.5, 0.6) is 0 Å². The van der Waals surface area contributed by atoms with Crippen LogP contribution in [0.4, 0.5) is 0 Å². The molecular formula is C9H12ClN3O. The summed E-state index contributed by atoms with van der Waals surface area (Å²) in [6.07, 6.45) is 4.82.